The fraction of sp³-hybridized carbons (Fsp3) is 0.200. The van der Waals surface area contributed by atoms with Gasteiger partial charge in [-0.15, -0.1) is 22.7 Å². The van der Waals surface area contributed by atoms with Crippen LogP contribution in [0.5, 0.6) is 5.75 Å². The third-order valence-electron chi connectivity index (χ3n) is 3.77. The zero-order chi connectivity index (χ0) is 20.1. The molecule has 0 unspecified atom stereocenters. The van der Waals surface area contributed by atoms with Gasteiger partial charge in [-0.25, -0.2) is 4.79 Å². The van der Waals surface area contributed by atoms with Gasteiger partial charge in [-0.3, -0.25) is 4.79 Å². The number of halogens is 1. The lowest BCUT2D eigenvalue weighted by atomic mass is 10.1. The van der Waals surface area contributed by atoms with E-state index in [0.717, 1.165) is 15.3 Å². The zero-order valence-corrected chi connectivity index (χ0v) is 17.7. The van der Waals surface area contributed by atoms with Crippen LogP contribution in [0.1, 0.15) is 22.2 Å². The van der Waals surface area contributed by atoms with Crippen LogP contribution >= 0.6 is 34.3 Å². The lowest BCUT2D eigenvalue weighted by Gasteiger charge is -2.09. The van der Waals surface area contributed by atoms with Gasteiger partial charge in [-0.05, 0) is 49.6 Å². The van der Waals surface area contributed by atoms with E-state index in [-0.39, 0.29) is 19.1 Å². The number of hydrogen-bond donors (Lipinski definition) is 1. The maximum Gasteiger partial charge on any atom is 0.341 e. The average molecular weight is 436 g/mol. The molecule has 1 N–H and O–H groups in total. The first kappa shape index (κ1) is 20.4. The van der Waals surface area contributed by atoms with Crippen LogP contribution in [0.3, 0.4) is 0 Å². The molecule has 3 aromatic rings. The molecule has 2 heterocycles. The SMILES string of the molecule is CCOC(=O)c1c(NC(=O)COc2ccc(Cl)cc2)sc(C)c1-c1cccs1. The van der Waals surface area contributed by atoms with Crippen molar-refractivity contribution in [3.8, 4) is 16.2 Å². The molecule has 0 aliphatic heterocycles. The molecule has 0 atom stereocenters. The van der Waals surface area contributed by atoms with Gasteiger partial charge < -0.3 is 14.8 Å². The third kappa shape index (κ3) is 4.73. The fourth-order valence-corrected chi connectivity index (χ4v) is 4.69. The monoisotopic (exact) mass is 435 g/mol. The summed E-state index contributed by atoms with van der Waals surface area (Å²) in [6.45, 7) is 3.74. The maximum atomic E-state index is 12.6. The predicted molar refractivity (Wildman–Crippen MR) is 114 cm³/mol. The first-order valence-corrected chi connectivity index (χ1v) is 10.6. The first-order chi connectivity index (χ1) is 13.5. The molecule has 28 heavy (non-hydrogen) atoms. The Balaban J connectivity index is 1.80. The number of thiophene rings is 2. The zero-order valence-electron chi connectivity index (χ0n) is 15.3. The van der Waals surface area contributed by atoms with Crippen LogP contribution in [0, 0.1) is 6.92 Å². The van der Waals surface area contributed by atoms with Crippen molar-refractivity contribution in [3.63, 3.8) is 0 Å². The molecule has 0 bridgehead atoms. The smallest absolute Gasteiger partial charge is 0.341 e. The highest BCUT2D eigenvalue weighted by Gasteiger charge is 2.26. The molecule has 146 valence electrons. The molecular formula is C20H18ClNO4S2. The number of hydrogen-bond acceptors (Lipinski definition) is 6. The van der Waals surface area contributed by atoms with Crippen molar-refractivity contribution in [1.29, 1.82) is 0 Å². The first-order valence-electron chi connectivity index (χ1n) is 8.52. The van der Waals surface area contributed by atoms with E-state index < -0.39 is 5.97 Å². The summed E-state index contributed by atoms with van der Waals surface area (Å²) in [5.74, 6) is -0.282. The van der Waals surface area contributed by atoms with Crippen molar-refractivity contribution >= 4 is 51.2 Å². The van der Waals surface area contributed by atoms with Crippen molar-refractivity contribution < 1.29 is 19.1 Å². The van der Waals surface area contributed by atoms with E-state index in [1.165, 1.54) is 22.7 Å². The molecule has 1 aromatic carbocycles. The number of ether oxygens (including phenoxy) is 2. The quantitative estimate of drug-likeness (QED) is 0.488. The number of esters is 1. The van der Waals surface area contributed by atoms with E-state index in [0.29, 0.717) is 21.3 Å². The highest BCUT2D eigenvalue weighted by atomic mass is 35.5. The van der Waals surface area contributed by atoms with Gasteiger partial charge in [-0.2, -0.15) is 0 Å². The Bertz CT molecular complexity index is 965. The van der Waals surface area contributed by atoms with E-state index in [9.17, 15) is 9.59 Å². The Morgan fingerprint density at radius 3 is 2.57 bits per heavy atom. The topological polar surface area (TPSA) is 64.6 Å². The second-order valence-corrected chi connectivity index (χ2v) is 8.33. The standard InChI is InChI=1S/C20H18ClNO4S2/c1-3-25-20(24)18-17(15-5-4-10-27-15)12(2)28-19(18)22-16(23)11-26-14-8-6-13(21)7-9-14/h4-10H,3,11H2,1-2H3,(H,22,23). The molecule has 2 aromatic heterocycles. The molecule has 8 heteroatoms. The van der Waals surface area contributed by atoms with E-state index >= 15 is 0 Å². The number of rotatable bonds is 7. The molecule has 5 nitrogen and oxygen atoms in total. The van der Waals surface area contributed by atoms with E-state index in [1.54, 1.807) is 31.2 Å². The molecule has 0 aliphatic carbocycles. The molecule has 0 aliphatic rings. The minimum Gasteiger partial charge on any atom is -0.484 e. The number of anilines is 1. The summed E-state index contributed by atoms with van der Waals surface area (Å²) in [5, 5.41) is 5.78. The molecule has 1 amide bonds. The van der Waals surface area contributed by atoms with E-state index in [1.807, 2.05) is 24.4 Å². The summed E-state index contributed by atoms with van der Waals surface area (Å²) in [7, 11) is 0. The summed E-state index contributed by atoms with van der Waals surface area (Å²) < 4.78 is 10.7. The van der Waals surface area contributed by atoms with E-state index in [4.69, 9.17) is 21.1 Å². The van der Waals surface area contributed by atoms with Gasteiger partial charge in [0.05, 0.1) is 6.61 Å². The van der Waals surface area contributed by atoms with Gasteiger partial charge >= 0.3 is 5.97 Å². The summed E-state index contributed by atoms with van der Waals surface area (Å²) in [6.07, 6.45) is 0. The fourth-order valence-electron chi connectivity index (χ4n) is 2.59. The molecule has 0 spiro atoms. The maximum absolute atomic E-state index is 12.6. The number of benzene rings is 1. The number of carbonyl (C=O) groups is 2. The highest BCUT2D eigenvalue weighted by molar-refractivity contribution is 7.18. The van der Waals surface area contributed by atoms with Crippen LogP contribution in [-0.4, -0.2) is 25.1 Å². The van der Waals surface area contributed by atoms with Gasteiger partial charge in [0.2, 0.25) is 0 Å². The van der Waals surface area contributed by atoms with Crippen LogP contribution in [0.2, 0.25) is 5.02 Å². The lowest BCUT2D eigenvalue weighted by molar-refractivity contribution is -0.118. The number of nitrogens with one attached hydrogen (secondary N) is 1. The van der Waals surface area contributed by atoms with Crippen LogP contribution in [0.25, 0.3) is 10.4 Å². The van der Waals surface area contributed by atoms with Gasteiger partial charge in [0, 0.05) is 20.3 Å². The minimum absolute atomic E-state index is 0.185. The summed E-state index contributed by atoms with van der Waals surface area (Å²) in [4.78, 5) is 26.9. The number of carbonyl (C=O) groups excluding carboxylic acids is 2. The number of amides is 1. The predicted octanol–water partition coefficient (Wildman–Crippen LogP) is 5.63. The minimum atomic E-state index is -0.454. The highest BCUT2D eigenvalue weighted by Crippen LogP contribution is 2.42. The second-order valence-electron chi connectivity index (χ2n) is 5.73. The van der Waals surface area contributed by atoms with Gasteiger partial charge in [0.25, 0.3) is 5.91 Å². The van der Waals surface area contributed by atoms with Crippen LogP contribution in [-0.2, 0) is 9.53 Å². The van der Waals surface area contributed by atoms with Crippen LogP contribution < -0.4 is 10.1 Å². The molecule has 0 radical (unpaired) electrons. The Labute approximate surface area is 175 Å². The van der Waals surface area contributed by atoms with Crippen molar-refractivity contribution in [2.45, 2.75) is 13.8 Å². The molecule has 0 saturated carbocycles. The summed E-state index contributed by atoms with van der Waals surface area (Å²) in [6, 6.07) is 10.6. The van der Waals surface area contributed by atoms with Gasteiger partial charge in [-0.1, -0.05) is 17.7 Å². The Hall–Kier alpha value is -2.35. The molecule has 3 rings (SSSR count). The Kier molecular flexibility index (Phi) is 6.72. The third-order valence-corrected chi connectivity index (χ3v) is 5.93. The Morgan fingerprint density at radius 1 is 1.18 bits per heavy atom. The number of aryl methyl sites for hydroxylation is 1. The molecule has 0 saturated heterocycles. The van der Waals surface area contributed by atoms with Crippen molar-refractivity contribution in [1.82, 2.24) is 0 Å². The van der Waals surface area contributed by atoms with Crippen molar-refractivity contribution in [2.75, 3.05) is 18.5 Å². The van der Waals surface area contributed by atoms with Crippen LogP contribution in [0.15, 0.2) is 41.8 Å². The second kappa shape index (κ2) is 9.23. The van der Waals surface area contributed by atoms with Crippen molar-refractivity contribution in [2.24, 2.45) is 0 Å². The normalized spacial score (nSPS) is 10.5. The van der Waals surface area contributed by atoms with E-state index in [2.05, 4.69) is 5.32 Å². The average Bonchev–Trinajstić information content (AvgIpc) is 3.29. The Morgan fingerprint density at radius 2 is 1.93 bits per heavy atom. The van der Waals surface area contributed by atoms with Crippen LogP contribution in [0.4, 0.5) is 5.00 Å². The van der Waals surface area contributed by atoms with Crippen molar-refractivity contribution in [3.05, 3.63) is 57.2 Å². The van der Waals surface area contributed by atoms with Gasteiger partial charge in [0.15, 0.2) is 6.61 Å². The largest absolute Gasteiger partial charge is 0.484 e. The van der Waals surface area contributed by atoms with Gasteiger partial charge in [0.1, 0.15) is 16.3 Å². The molecular weight excluding hydrogens is 418 g/mol. The lowest BCUT2D eigenvalue weighted by Crippen LogP contribution is -2.21. The molecule has 0 fully saturated rings. The summed E-state index contributed by atoms with van der Waals surface area (Å²) in [5.41, 5.74) is 1.18. The summed E-state index contributed by atoms with van der Waals surface area (Å²) >= 11 is 8.72.